The number of aryl methyl sites for hydroxylation is 1. The molecule has 0 atom stereocenters. The molecule has 1 aliphatic rings. The Balaban J connectivity index is 2.31. The lowest BCUT2D eigenvalue weighted by Crippen LogP contribution is -2.08. The number of anilines is 1. The Bertz CT molecular complexity index is 318. The summed E-state index contributed by atoms with van der Waals surface area (Å²) in [6.45, 7) is 1.87. The first-order valence-corrected chi connectivity index (χ1v) is 5.20. The summed E-state index contributed by atoms with van der Waals surface area (Å²) in [6, 6.07) is 0. The second-order valence-corrected chi connectivity index (χ2v) is 3.82. The molecule has 1 heterocycles. The number of aromatic nitrogens is 3. The predicted molar refractivity (Wildman–Crippen MR) is 55.3 cm³/mol. The standard InChI is InChI=1S/C10H16N4/c1-7-12-10(11-2)9(14-13-7)8-5-3-4-6-8/h8H,3-6H2,1-2H3,(H,11,12,13). The van der Waals surface area contributed by atoms with Crippen LogP contribution in [0, 0.1) is 6.92 Å². The van der Waals surface area contributed by atoms with Crippen LogP contribution in [0.1, 0.15) is 43.1 Å². The Hall–Kier alpha value is -1.19. The lowest BCUT2D eigenvalue weighted by Gasteiger charge is -2.11. The molecule has 0 saturated heterocycles. The molecule has 1 aromatic heterocycles. The minimum atomic E-state index is 0.568. The van der Waals surface area contributed by atoms with E-state index in [0.717, 1.165) is 17.3 Å². The van der Waals surface area contributed by atoms with Gasteiger partial charge in [0.05, 0.1) is 0 Å². The van der Waals surface area contributed by atoms with Crippen LogP contribution in [0.2, 0.25) is 0 Å². The van der Waals surface area contributed by atoms with Crippen molar-refractivity contribution in [2.45, 2.75) is 38.5 Å². The van der Waals surface area contributed by atoms with Gasteiger partial charge in [0.1, 0.15) is 11.5 Å². The number of nitrogens with one attached hydrogen (secondary N) is 1. The molecular weight excluding hydrogens is 176 g/mol. The maximum Gasteiger partial charge on any atom is 0.151 e. The third kappa shape index (κ3) is 1.69. The van der Waals surface area contributed by atoms with Crippen LogP contribution >= 0.6 is 0 Å². The zero-order chi connectivity index (χ0) is 9.97. The molecule has 14 heavy (non-hydrogen) atoms. The van der Waals surface area contributed by atoms with Crippen molar-refractivity contribution in [3.63, 3.8) is 0 Å². The van der Waals surface area contributed by atoms with E-state index in [1.807, 2.05) is 14.0 Å². The fourth-order valence-corrected chi connectivity index (χ4v) is 2.07. The molecule has 1 N–H and O–H groups in total. The van der Waals surface area contributed by atoms with E-state index in [9.17, 15) is 0 Å². The highest BCUT2D eigenvalue weighted by Gasteiger charge is 2.22. The average molecular weight is 192 g/mol. The lowest BCUT2D eigenvalue weighted by atomic mass is 10.0. The molecule has 0 spiro atoms. The van der Waals surface area contributed by atoms with Crippen LogP contribution in [0.4, 0.5) is 5.82 Å². The minimum Gasteiger partial charge on any atom is -0.372 e. The van der Waals surface area contributed by atoms with Crippen LogP contribution in [-0.4, -0.2) is 22.2 Å². The van der Waals surface area contributed by atoms with Gasteiger partial charge in [-0.2, -0.15) is 0 Å². The molecule has 0 aromatic carbocycles. The maximum absolute atomic E-state index is 4.35. The summed E-state index contributed by atoms with van der Waals surface area (Å²) in [5.41, 5.74) is 1.05. The topological polar surface area (TPSA) is 50.7 Å². The molecule has 2 rings (SSSR count). The van der Waals surface area contributed by atoms with Crippen molar-refractivity contribution < 1.29 is 0 Å². The minimum absolute atomic E-state index is 0.568. The van der Waals surface area contributed by atoms with Crippen molar-refractivity contribution in [3.8, 4) is 0 Å². The van der Waals surface area contributed by atoms with E-state index >= 15 is 0 Å². The molecule has 0 aliphatic heterocycles. The summed E-state index contributed by atoms with van der Waals surface area (Å²) >= 11 is 0. The zero-order valence-corrected chi connectivity index (χ0v) is 8.75. The predicted octanol–water partition coefficient (Wildman–Crippen LogP) is 1.88. The van der Waals surface area contributed by atoms with E-state index in [0.29, 0.717) is 5.92 Å². The smallest absolute Gasteiger partial charge is 0.151 e. The van der Waals surface area contributed by atoms with Gasteiger partial charge in [0.15, 0.2) is 5.82 Å². The zero-order valence-electron chi connectivity index (χ0n) is 8.75. The highest BCUT2D eigenvalue weighted by molar-refractivity contribution is 5.40. The normalized spacial score (nSPS) is 17.3. The van der Waals surface area contributed by atoms with Gasteiger partial charge in [-0.25, -0.2) is 4.98 Å². The van der Waals surface area contributed by atoms with Crippen LogP contribution in [-0.2, 0) is 0 Å². The summed E-state index contributed by atoms with van der Waals surface area (Å²) in [5, 5.41) is 11.4. The largest absolute Gasteiger partial charge is 0.372 e. The fraction of sp³-hybridized carbons (Fsp3) is 0.700. The molecular formula is C10H16N4. The third-order valence-electron chi connectivity index (χ3n) is 2.80. The first-order valence-electron chi connectivity index (χ1n) is 5.20. The van der Waals surface area contributed by atoms with Gasteiger partial charge >= 0.3 is 0 Å². The summed E-state index contributed by atoms with van der Waals surface area (Å²) in [4.78, 5) is 4.35. The molecule has 76 valence electrons. The Morgan fingerprint density at radius 3 is 2.57 bits per heavy atom. The van der Waals surface area contributed by atoms with Crippen LogP contribution in [0.25, 0.3) is 0 Å². The highest BCUT2D eigenvalue weighted by Crippen LogP contribution is 2.35. The number of hydrogen-bond acceptors (Lipinski definition) is 4. The summed E-state index contributed by atoms with van der Waals surface area (Å²) in [6.07, 6.45) is 5.08. The summed E-state index contributed by atoms with van der Waals surface area (Å²) < 4.78 is 0. The van der Waals surface area contributed by atoms with E-state index in [2.05, 4.69) is 20.5 Å². The molecule has 4 nitrogen and oxygen atoms in total. The van der Waals surface area contributed by atoms with E-state index in [1.54, 1.807) is 0 Å². The van der Waals surface area contributed by atoms with Gasteiger partial charge in [-0.15, -0.1) is 10.2 Å². The van der Waals surface area contributed by atoms with Gasteiger partial charge in [0.25, 0.3) is 0 Å². The second kappa shape index (κ2) is 3.90. The van der Waals surface area contributed by atoms with Crippen LogP contribution in [0.5, 0.6) is 0 Å². The van der Waals surface area contributed by atoms with Crippen LogP contribution in [0.15, 0.2) is 0 Å². The van der Waals surface area contributed by atoms with E-state index < -0.39 is 0 Å². The molecule has 0 amide bonds. The number of rotatable bonds is 2. The maximum atomic E-state index is 4.35. The van der Waals surface area contributed by atoms with Gasteiger partial charge in [-0.05, 0) is 19.8 Å². The van der Waals surface area contributed by atoms with Crippen LogP contribution in [0.3, 0.4) is 0 Å². The molecule has 0 bridgehead atoms. The molecule has 0 unspecified atom stereocenters. The van der Waals surface area contributed by atoms with Gasteiger partial charge in [0, 0.05) is 13.0 Å². The van der Waals surface area contributed by atoms with E-state index in [4.69, 9.17) is 0 Å². The molecule has 1 saturated carbocycles. The summed E-state index contributed by atoms with van der Waals surface area (Å²) in [5.74, 6) is 2.21. The van der Waals surface area contributed by atoms with E-state index in [-0.39, 0.29) is 0 Å². The van der Waals surface area contributed by atoms with Gasteiger partial charge in [-0.3, -0.25) is 0 Å². The molecule has 1 aromatic rings. The van der Waals surface area contributed by atoms with Crippen molar-refractivity contribution in [2.75, 3.05) is 12.4 Å². The van der Waals surface area contributed by atoms with Gasteiger partial charge in [-0.1, -0.05) is 12.8 Å². The Kier molecular flexibility index (Phi) is 2.61. The Labute approximate surface area is 84.2 Å². The van der Waals surface area contributed by atoms with Gasteiger partial charge < -0.3 is 5.32 Å². The van der Waals surface area contributed by atoms with E-state index in [1.165, 1.54) is 25.7 Å². The molecule has 4 heteroatoms. The first kappa shape index (κ1) is 9.37. The molecule has 0 radical (unpaired) electrons. The van der Waals surface area contributed by atoms with Crippen molar-refractivity contribution in [1.29, 1.82) is 0 Å². The average Bonchev–Trinajstić information content (AvgIpc) is 2.70. The van der Waals surface area contributed by atoms with Crippen molar-refractivity contribution in [3.05, 3.63) is 11.5 Å². The Morgan fingerprint density at radius 2 is 1.93 bits per heavy atom. The highest BCUT2D eigenvalue weighted by atomic mass is 15.2. The monoisotopic (exact) mass is 192 g/mol. The SMILES string of the molecule is CNc1nc(C)nnc1C1CCCC1. The number of hydrogen-bond donors (Lipinski definition) is 1. The fourth-order valence-electron chi connectivity index (χ4n) is 2.07. The van der Waals surface area contributed by atoms with Crippen LogP contribution < -0.4 is 5.32 Å². The summed E-state index contributed by atoms with van der Waals surface area (Å²) in [7, 11) is 1.89. The second-order valence-electron chi connectivity index (χ2n) is 3.82. The lowest BCUT2D eigenvalue weighted by molar-refractivity contribution is 0.669. The molecule has 1 aliphatic carbocycles. The number of nitrogens with zero attached hydrogens (tertiary/aromatic N) is 3. The van der Waals surface area contributed by atoms with Crippen molar-refractivity contribution in [2.24, 2.45) is 0 Å². The Morgan fingerprint density at radius 1 is 1.21 bits per heavy atom. The third-order valence-corrected chi connectivity index (χ3v) is 2.80. The first-order chi connectivity index (χ1) is 6.81. The van der Waals surface area contributed by atoms with Crippen molar-refractivity contribution in [1.82, 2.24) is 15.2 Å². The molecule has 1 fully saturated rings. The van der Waals surface area contributed by atoms with Gasteiger partial charge in [0.2, 0.25) is 0 Å². The quantitative estimate of drug-likeness (QED) is 0.777. The van der Waals surface area contributed by atoms with Crippen molar-refractivity contribution >= 4 is 5.82 Å².